The zero-order chi connectivity index (χ0) is 12.8. The maximum absolute atomic E-state index is 9.91. The van der Waals surface area contributed by atoms with Crippen molar-refractivity contribution in [2.75, 3.05) is 13.2 Å². The number of hydrogen-bond acceptors (Lipinski definition) is 4. The second-order valence-electron chi connectivity index (χ2n) is 4.33. The molecule has 0 spiro atoms. The van der Waals surface area contributed by atoms with Crippen LogP contribution in [-0.4, -0.2) is 29.4 Å². The molecular formula is C14H19NO2S. The molecule has 0 aliphatic rings. The van der Waals surface area contributed by atoms with Crippen LogP contribution in [0.2, 0.25) is 0 Å². The lowest BCUT2D eigenvalue weighted by atomic mass is 10.2. The Morgan fingerprint density at radius 2 is 2.17 bits per heavy atom. The third kappa shape index (κ3) is 3.77. The highest BCUT2D eigenvalue weighted by atomic mass is 32.1. The Labute approximate surface area is 111 Å². The largest absolute Gasteiger partial charge is 0.393 e. The number of ether oxygens (including phenoxy) is 1. The molecule has 0 aliphatic carbocycles. The van der Waals surface area contributed by atoms with Crippen molar-refractivity contribution in [1.82, 2.24) is 4.98 Å². The molecule has 0 radical (unpaired) electrons. The highest BCUT2D eigenvalue weighted by molar-refractivity contribution is 7.18. The topological polar surface area (TPSA) is 42.4 Å². The van der Waals surface area contributed by atoms with E-state index in [0.29, 0.717) is 19.4 Å². The summed E-state index contributed by atoms with van der Waals surface area (Å²) < 4.78 is 6.56. The molecule has 4 heteroatoms. The SMILES string of the molecule is CCCOCCC(O)Cc1nc2ccccc2s1. The van der Waals surface area contributed by atoms with Crippen LogP contribution in [0.5, 0.6) is 0 Å². The Kier molecular flexibility index (Phi) is 5.11. The molecular weight excluding hydrogens is 246 g/mol. The second kappa shape index (κ2) is 6.83. The van der Waals surface area contributed by atoms with E-state index in [1.54, 1.807) is 11.3 Å². The Morgan fingerprint density at radius 3 is 2.94 bits per heavy atom. The first-order valence-electron chi connectivity index (χ1n) is 6.40. The molecule has 3 nitrogen and oxygen atoms in total. The van der Waals surface area contributed by atoms with Gasteiger partial charge >= 0.3 is 0 Å². The number of para-hydroxylation sites is 1. The molecule has 0 saturated heterocycles. The molecule has 0 bridgehead atoms. The Balaban J connectivity index is 1.84. The first-order chi connectivity index (χ1) is 8.79. The van der Waals surface area contributed by atoms with Crippen LogP contribution < -0.4 is 0 Å². The fraction of sp³-hybridized carbons (Fsp3) is 0.500. The van der Waals surface area contributed by atoms with Gasteiger partial charge in [-0.15, -0.1) is 11.3 Å². The average Bonchev–Trinajstić information content (AvgIpc) is 2.76. The van der Waals surface area contributed by atoms with Crippen molar-refractivity contribution < 1.29 is 9.84 Å². The molecule has 0 saturated carbocycles. The van der Waals surface area contributed by atoms with E-state index >= 15 is 0 Å². The van der Waals surface area contributed by atoms with Gasteiger partial charge in [0.05, 0.1) is 21.3 Å². The molecule has 98 valence electrons. The van der Waals surface area contributed by atoms with Gasteiger partial charge in [-0.3, -0.25) is 0 Å². The third-order valence-electron chi connectivity index (χ3n) is 2.69. The summed E-state index contributed by atoms with van der Waals surface area (Å²) in [6.45, 7) is 3.48. The van der Waals surface area contributed by atoms with Crippen molar-refractivity contribution in [3.05, 3.63) is 29.3 Å². The highest BCUT2D eigenvalue weighted by Crippen LogP contribution is 2.22. The van der Waals surface area contributed by atoms with Crippen LogP contribution in [0, 0.1) is 0 Å². The van der Waals surface area contributed by atoms with Gasteiger partial charge < -0.3 is 9.84 Å². The number of aliphatic hydroxyl groups is 1. The fourth-order valence-corrected chi connectivity index (χ4v) is 2.82. The van der Waals surface area contributed by atoms with Crippen molar-refractivity contribution in [3.8, 4) is 0 Å². The minimum atomic E-state index is -0.359. The van der Waals surface area contributed by atoms with Crippen molar-refractivity contribution in [1.29, 1.82) is 0 Å². The lowest BCUT2D eigenvalue weighted by Crippen LogP contribution is -2.13. The molecule has 18 heavy (non-hydrogen) atoms. The van der Waals surface area contributed by atoms with Gasteiger partial charge in [-0.25, -0.2) is 4.98 Å². The van der Waals surface area contributed by atoms with E-state index in [1.807, 2.05) is 18.2 Å². The lowest BCUT2D eigenvalue weighted by Gasteiger charge is -2.08. The number of thiazole rings is 1. The van der Waals surface area contributed by atoms with Crippen LogP contribution in [0.3, 0.4) is 0 Å². The number of rotatable bonds is 7. The molecule has 0 amide bonds. The van der Waals surface area contributed by atoms with Gasteiger partial charge in [-0.2, -0.15) is 0 Å². The summed E-state index contributed by atoms with van der Waals surface area (Å²) >= 11 is 1.66. The highest BCUT2D eigenvalue weighted by Gasteiger charge is 2.09. The van der Waals surface area contributed by atoms with E-state index in [1.165, 1.54) is 4.70 Å². The number of benzene rings is 1. The number of aromatic nitrogens is 1. The number of aliphatic hydroxyl groups excluding tert-OH is 1. The van der Waals surface area contributed by atoms with Crippen molar-refractivity contribution >= 4 is 21.6 Å². The standard InChI is InChI=1S/C14H19NO2S/c1-2-8-17-9-7-11(16)10-14-15-12-5-3-4-6-13(12)18-14/h3-6,11,16H,2,7-10H2,1H3. The first kappa shape index (κ1) is 13.5. The molecule has 0 fully saturated rings. The fourth-order valence-electron chi connectivity index (χ4n) is 1.78. The molecule has 2 rings (SSSR count). The molecule has 1 heterocycles. The van der Waals surface area contributed by atoms with Crippen molar-refractivity contribution in [2.24, 2.45) is 0 Å². The number of hydrogen-bond donors (Lipinski definition) is 1. The predicted octanol–water partition coefficient (Wildman–Crippen LogP) is 3.02. The van der Waals surface area contributed by atoms with Gasteiger partial charge in [-0.1, -0.05) is 19.1 Å². The van der Waals surface area contributed by atoms with Crippen molar-refractivity contribution in [2.45, 2.75) is 32.3 Å². The van der Waals surface area contributed by atoms with E-state index in [0.717, 1.165) is 23.6 Å². The van der Waals surface area contributed by atoms with Gasteiger partial charge in [0.15, 0.2) is 0 Å². The summed E-state index contributed by atoms with van der Waals surface area (Å²) in [5, 5.41) is 10.9. The minimum Gasteiger partial charge on any atom is -0.393 e. The Bertz CT molecular complexity index is 450. The third-order valence-corrected chi connectivity index (χ3v) is 3.75. The summed E-state index contributed by atoms with van der Waals surface area (Å²) in [6.07, 6.45) is 1.96. The molecule has 1 aromatic heterocycles. The maximum Gasteiger partial charge on any atom is 0.0964 e. The van der Waals surface area contributed by atoms with Crippen LogP contribution in [0.25, 0.3) is 10.2 Å². The molecule has 1 aromatic carbocycles. The molecule has 1 atom stereocenters. The van der Waals surface area contributed by atoms with E-state index < -0.39 is 0 Å². The molecule has 0 aliphatic heterocycles. The quantitative estimate of drug-likeness (QED) is 0.782. The van der Waals surface area contributed by atoms with E-state index in [-0.39, 0.29) is 6.10 Å². The smallest absolute Gasteiger partial charge is 0.0964 e. The van der Waals surface area contributed by atoms with Gasteiger partial charge in [0.2, 0.25) is 0 Å². The summed E-state index contributed by atoms with van der Waals surface area (Å²) in [7, 11) is 0. The minimum absolute atomic E-state index is 0.359. The maximum atomic E-state index is 9.91. The van der Waals surface area contributed by atoms with Crippen molar-refractivity contribution in [3.63, 3.8) is 0 Å². The normalized spacial score (nSPS) is 13.0. The average molecular weight is 265 g/mol. The molecule has 1 unspecified atom stereocenters. The van der Waals surface area contributed by atoms with Crippen LogP contribution in [0.4, 0.5) is 0 Å². The van der Waals surface area contributed by atoms with Gasteiger partial charge in [0.25, 0.3) is 0 Å². The van der Waals surface area contributed by atoms with E-state index in [4.69, 9.17) is 4.74 Å². The van der Waals surface area contributed by atoms with Gasteiger partial charge in [0, 0.05) is 19.6 Å². The van der Waals surface area contributed by atoms with Crippen LogP contribution in [-0.2, 0) is 11.2 Å². The second-order valence-corrected chi connectivity index (χ2v) is 5.45. The molecule has 2 aromatic rings. The van der Waals surface area contributed by atoms with Crippen LogP contribution in [0.15, 0.2) is 24.3 Å². The van der Waals surface area contributed by atoms with Crippen LogP contribution in [0.1, 0.15) is 24.8 Å². The number of nitrogens with zero attached hydrogens (tertiary/aromatic N) is 1. The van der Waals surface area contributed by atoms with Gasteiger partial charge in [0.1, 0.15) is 0 Å². The first-order valence-corrected chi connectivity index (χ1v) is 7.21. The number of fused-ring (bicyclic) bond motifs is 1. The Hall–Kier alpha value is -0.970. The Morgan fingerprint density at radius 1 is 1.33 bits per heavy atom. The predicted molar refractivity (Wildman–Crippen MR) is 75.1 cm³/mol. The van der Waals surface area contributed by atoms with E-state index in [2.05, 4.69) is 18.0 Å². The van der Waals surface area contributed by atoms with Gasteiger partial charge in [-0.05, 0) is 25.0 Å². The zero-order valence-electron chi connectivity index (χ0n) is 10.6. The zero-order valence-corrected chi connectivity index (χ0v) is 11.4. The monoisotopic (exact) mass is 265 g/mol. The molecule has 1 N–H and O–H groups in total. The van der Waals surface area contributed by atoms with Crippen LogP contribution >= 0.6 is 11.3 Å². The lowest BCUT2D eigenvalue weighted by molar-refractivity contribution is 0.0824. The van der Waals surface area contributed by atoms with E-state index in [9.17, 15) is 5.11 Å². The summed E-state index contributed by atoms with van der Waals surface area (Å²) in [5.74, 6) is 0. The summed E-state index contributed by atoms with van der Waals surface area (Å²) in [5.41, 5.74) is 1.02. The summed E-state index contributed by atoms with van der Waals surface area (Å²) in [4.78, 5) is 4.51. The summed E-state index contributed by atoms with van der Waals surface area (Å²) in [6, 6.07) is 8.07.